The van der Waals surface area contributed by atoms with Gasteiger partial charge in [0.05, 0.1) is 11.0 Å². The van der Waals surface area contributed by atoms with Gasteiger partial charge in [-0.2, -0.15) is 0 Å². The lowest BCUT2D eigenvalue weighted by Gasteiger charge is -2.06. The molecule has 0 aromatic heterocycles. The quantitative estimate of drug-likeness (QED) is 0.555. The van der Waals surface area contributed by atoms with Crippen LogP contribution in [0.1, 0.15) is 11.7 Å². The Balaban J connectivity index is 3.20. The van der Waals surface area contributed by atoms with Crippen LogP contribution in [0, 0.1) is 15.9 Å². The summed E-state index contributed by atoms with van der Waals surface area (Å²) in [6, 6.07) is 2.37. The average molecular weight is 214 g/mol. The second-order valence-electron chi connectivity index (χ2n) is 2.80. The first-order chi connectivity index (χ1) is 6.91. The van der Waals surface area contributed by atoms with Gasteiger partial charge in [0.25, 0.3) is 11.6 Å². The Morgan fingerprint density at radius 2 is 2.13 bits per heavy atom. The van der Waals surface area contributed by atoms with E-state index in [1.807, 2.05) is 0 Å². The highest BCUT2D eigenvalue weighted by Crippen LogP contribution is 2.21. The Morgan fingerprint density at radius 3 is 2.60 bits per heavy atom. The number of rotatable bonds is 3. The Kier molecular flexibility index (Phi) is 2.96. The fraction of sp³-hybridized carbons (Fsp3) is 0.125. The van der Waals surface area contributed by atoms with E-state index in [0.29, 0.717) is 6.07 Å². The molecular weight excluding hydrogens is 207 g/mol. The van der Waals surface area contributed by atoms with Crippen LogP contribution in [0.15, 0.2) is 18.2 Å². The zero-order valence-corrected chi connectivity index (χ0v) is 7.38. The van der Waals surface area contributed by atoms with Crippen molar-refractivity contribution in [3.8, 4) is 0 Å². The Morgan fingerprint density at radius 1 is 1.53 bits per heavy atom. The molecule has 15 heavy (non-hydrogen) atoms. The van der Waals surface area contributed by atoms with Crippen LogP contribution < -0.4 is 5.73 Å². The number of aliphatic hydroxyl groups excluding tert-OH is 1. The maximum atomic E-state index is 12.8. The number of nitro groups is 1. The van der Waals surface area contributed by atoms with Crippen LogP contribution in [0.5, 0.6) is 0 Å². The number of aliphatic hydroxyl groups is 1. The van der Waals surface area contributed by atoms with Crippen LogP contribution in [-0.2, 0) is 4.79 Å². The molecule has 1 atom stereocenters. The first-order valence-corrected chi connectivity index (χ1v) is 3.84. The molecule has 0 saturated heterocycles. The number of carbonyl (C=O) groups excluding carboxylic acids is 1. The molecule has 0 aliphatic heterocycles. The maximum absolute atomic E-state index is 12.8. The van der Waals surface area contributed by atoms with E-state index in [9.17, 15) is 19.3 Å². The number of carbonyl (C=O) groups is 1. The smallest absolute Gasteiger partial charge is 0.272 e. The number of hydrogen-bond donors (Lipinski definition) is 2. The molecule has 7 heteroatoms. The third kappa shape index (κ3) is 2.47. The third-order valence-corrected chi connectivity index (χ3v) is 1.70. The van der Waals surface area contributed by atoms with Gasteiger partial charge in [-0.15, -0.1) is 0 Å². The number of halogens is 1. The van der Waals surface area contributed by atoms with E-state index in [4.69, 9.17) is 10.8 Å². The van der Waals surface area contributed by atoms with Gasteiger partial charge >= 0.3 is 0 Å². The normalized spacial score (nSPS) is 12.1. The topological polar surface area (TPSA) is 106 Å². The van der Waals surface area contributed by atoms with Gasteiger partial charge in [-0.1, -0.05) is 0 Å². The summed E-state index contributed by atoms with van der Waals surface area (Å²) in [5, 5.41) is 19.5. The number of hydrogen-bond acceptors (Lipinski definition) is 4. The number of benzene rings is 1. The molecule has 0 spiro atoms. The fourth-order valence-corrected chi connectivity index (χ4v) is 1.02. The Hall–Kier alpha value is -2.02. The van der Waals surface area contributed by atoms with E-state index < -0.39 is 28.4 Å². The van der Waals surface area contributed by atoms with Crippen LogP contribution in [0.25, 0.3) is 0 Å². The van der Waals surface area contributed by atoms with Gasteiger partial charge in [0.1, 0.15) is 5.82 Å². The Bertz CT molecular complexity index is 421. The van der Waals surface area contributed by atoms with Crippen molar-refractivity contribution in [3.63, 3.8) is 0 Å². The number of non-ortho nitro benzene ring substituents is 1. The van der Waals surface area contributed by atoms with Crippen molar-refractivity contribution in [3.05, 3.63) is 39.7 Å². The van der Waals surface area contributed by atoms with E-state index in [1.54, 1.807) is 0 Å². The first kappa shape index (κ1) is 11.1. The molecule has 6 nitrogen and oxygen atoms in total. The number of nitrogens with zero attached hydrogens (tertiary/aromatic N) is 1. The summed E-state index contributed by atoms with van der Waals surface area (Å²) < 4.78 is 12.8. The highest BCUT2D eigenvalue weighted by molar-refractivity contribution is 5.80. The molecule has 3 N–H and O–H groups in total. The van der Waals surface area contributed by atoms with Crippen molar-refractivity contribution >= 4 is 11.6 Å². The molecule has 1 amide bonds. The predicted molar refractivity (Wildman–Crippen MR) is 47.2 cm³/mol. The van der Waals surface area contributed by atoms with Crippen LogP contribution in [0.2, 0.25) is 0 Å². The lowest BCUT2D eigenvalue weighted by Crippen LogP contribution is -2.21. The molecule has 1 rings (SSSR count). The van der Waals surface area contributed by atoms with Gasteiger partial charge in [0.15, 0.2) is 6.10 Å². The van der Waals surface area contributed by atoms with E-state index in [-0.39, 0.29) is 5.56 Å². The summed E-state index contributed by atoms with van der Waals surface area (Å²) in [5.74, 6) is -2.02. The summed E-state index contributed by atoms with van der Waals surface area (Å²) in [6.07, 6.45) is -1.75. The van der Waals surface area contributed by atoms with Gasteiger partial charge < -0.3 is 10.8 Å². The number of nitro benzene ring substituents is 1. The minimum absolute atomic E-state index is 0.241. The predicted octanol–water partition coefficient (Wildman–Crippen LogP) is 0.253. The van der Waals surface area contributed by atoms with E-state index in [0.717, 1.165) is 12.1 Å². The van der Waals surface area contributed by atoms with Gasteiger partial charge in [-0.25, -0.2) is 4.39 Å². The summed E-state index contributed by atoms with van der Waals surface area (Å²) in [5.41, 5.74) is 3.97. The number of amides is 1. The molecule has 1 aromatic rings. The molecule has 0 saturated carbocycles. The van der Waals surface area contributed by atoms with Crippen molar-refractivity contribution in [1.29, 1.82) is 0 Å². The molecule has 0 aliphatic rings. The molecule has 0 aliphatic carbocycles. The van der Waals surface area contributed by atoms with E-state index in [2.05, 4.69) is 0 Å². The largest absolute Gasteiger partial charge is 0.378 e. The van der Waals surface area contributed by atoms with E-state index >= 15 is 0 Å². The molecule has 0 radical (unpaired) electrons. The summed E-state index contributed by atoms with van der Waals surface area (Å²) >= 11 is 0. The standard InChI is InChI=1S/C8H7FN2O4/c9-5-1-4(7(12)8(10)13)2-6(3-5)11(14)15/h1-3,7,12H,(H2,10,13). The van der Waals surface area contributed by atoms with Crippen LogP contribution in [0.3, 0.4) is 0 Å². The summed E-state index contributed by atoms with van der Waals surface area (Å²) in [6.45, 7) is 0. The Labute approximate surface area is 83.3 Å². The molecule has 0 bridgehead atoms. The first-order valence-electron chi connectivity index (χ1n) is 3.84. The van der Waals surface area contributed by atoms with Crippen LogP contribution in [0.4, 0.5) is 10.1 Å². The van der Waals surface area contributed by atoms with Crippen molar-refractivity contribution in [2.45, 2.75) is 6.10 Å². The maximum Gasteiger partial charge on any atom is 0.272 e. The van der Waals surface area contributed by atoms with Gasteiger partial charge in [0.2, 0.25) is 0 Å². The SMILES string of the molecule is NC(=O)C(O)c1cc(F)cc([N+](=O)[O-])c1. The molecule has 0 heterocycles. The van der Waals surface area contributed by atoms with Crippen molar-refractivity contribution in [2.75, 3.05) is 0 Å². The zero-order valence-electron chi connectivity index (χ0n) is 7.38. The fourth-order valence-electron chi connectivity index (χ4n) is 1.02. The van der Waals surface area contributed by atoms with E-state index in [1.165, 1.54) is 0 Å². The highest BCUT2D eigenvalue weighted by Gasteiger charge is 2.18. The van der Waals surface area contributed by atoms with Crippen molar-refractivity contribution < 1.29 is 19.2 Å². The lowest BCUT2D eigenvalue weighted by atomic mass is 10.1. The summed E-state index contributed by atoms with van der Waals surface area (Å²) in [7, 11) is 0. The monoisotopic (exact) mass is 214 g/mol. The molecule has 80 valence electrons. The summed E-state index contributed by atoms with van der Waals surface area (Å²) in [4.78, 5) is 20.1. The van der Waals surface area contributed by atoms with Crippen molar-refractivity contribution in [1.82, 2.24) is 0 Å². The molecule has 0 fully saturated rings. The minimum Gasteiger partial charge on any atom is -0.378 e. The van der Waals surface area contributed by atoms with Gasteiger partial charge in [0, 0.05) is 6.07 Å². The van der Waals surface area contributed by atoms with Gasteiger partial charge in [-0.05, 0) is 11.6 Å². The zero-order chi connectivity index (χ0) is 11.6. The second kappa shape index (κ2) is 4.01. The number of primary amides is 1. The van der Waals surface area contributed by atoms with Crippen molar-refractivity contribution in [2.24, 2.45) is 5.73 Å². The van der Waals surface area contributed by atoms with Crippen LogP contribution in [-0.4, -0.2) is 15.9 Å². The molecular formula is C8H7FN2O4. The third-order valence-electron chi connectivity index (χ3n) is 1.70. The van der Waals surface area contributed by atoms with Crippen LogP contribution >= 0.6 is 0 Å². The average Bonchev–Trinajstić information content (AvgIpc) is 2.15. The number of nitrogens with two attached hydrogens (primary N) is 1. The minimum atomic E-state index is -1.75. The highest BCUT2D eigenvalue weighted by atomic mass is 19.1. The molecule has 1 unspecified atom stereocenters. The lowest BCUT2D eigenvalue weighted by molar-refractivity contribution is -0.385. The second-order valence-corrected chi connectivity index (χ2v) is 2.80. The van der Waals surface area contributed by atoms with Gasteiger partial charge in [-0.3, -0.25) is 14.9 Å². The molecule has 1 aromatic carbocycles.